The Balaban J connectivity index is 0. The number of carbonyl (C=O) groups excluding carboxylic acids is 1. The van der Waals surface area contributed by atoms with Gasteiger partial charge in [-0.25, -0.2) is 0 Å². The second-order valence-electron chi connectivity index (χ2n) is 1.78. The van der Waals surface area contributed by atoms with Crippen molar-refractivity contribution in [3.63, 3.8) is 0 Å². The molecule has 0 saturated heterocycles. The predicted octanol–water partition coefficient (Wildman–Crippen LogP) is -3.72. The van der Waals surface area contributed by atoms with E-state index in [1.807, 2.05) is 0 Å². The number of hydrogen-bond acceptors (Lipinski definition) is 4. The van der Waals surface area contributed by atoms with Gasteiger partial charge in [-0.3, -0.25) is 4.79 Å². The van der Waals surface area contributed by atoms with E-state index in [9.17, 15) is 9.90 Å². The summed E-state index contributed by atoms with van der Waals surface area (Å²) in [7, 11) is 2.60. The van der Waals surface area contributed by atoms with Gasteiger partial charge in [-0.2, -0.15) is 0 Å². The quantitative estimate of drug-likeness (QED) is 0.237. The average Bonchev–Trinajstić information content (AvgIpc) is 1.99. The van der Waals surface area contributed by atoms with Gasteiger partial charge in [0.1, 0.15) is 0 Å². The Morgan fingerprint density at radius 3 is 2.45 bits per heavy atom. The summed E-state index contributed by atoms with van der Waals surface area (Å²) in [5, 5.41) is 10.5. The standard InChI is InChI=1S/C6H11O4.Li/c1-9-5(7)3-4-6(8)10-2;/h5H,3-4H2,1-2H3;/q-1;+1. The fourth-order valence-electron chi connectivity index (χ4n) is 0.456. The van der Waals surface area contributed by atoms with Crippen molar-refractivity contribution in [3.05, 3.63) is 0 Å². The molecule has 0 aliphatic rings. The molecule has 60 valence electrons. The summed E-state index contributed by atoms with van der Waals surface area (Å²) in [6.07, 6.45) is -0.819. The van der Waals surface area contributed by atoms with Crippen LogP contribution in [0.25, 0.3) is 0 Å². The summed E-state index contributed by atoms with van der Waals surface area (Å²) in [4.78, 5) is 10.4. The third-order valence-electron chi connectivity index (χ3n) is 1.07. The summed E-state index contributed by atoms with van der Waals surface area (Å²) in [6.45, 7) is 0. The van der Waals surface area contributed by atoms with Crippen LogP contribution in [0.5, 0.6) is 0 Å². The predicted molar refractivity (Wildman–Crippen MR) is 32.0 cm³/mol. The zero-order valence-electron chi connectivity index (χ0n) is 7.12. The summed E-state index contributed by atoms with van der Waals surface area (Å²) in [6, 6.07) is 0. The van der Waals surface area contributed by atoms with Gasteiger partial charge in [0.2, 0.25) is 0 Å². The smallest absolute Gasteiger partial charge is 0.831 e. The minimum atomic E-state index is -1.11. The molecule has 1 atom stereocenters. The van der Waals surface area contributed by atoms with Crippen molar-refractivity contribution in [1.82, 2.24) is 0 Å². The van der Waals surface area contributed by atoms with Crippen LogP contribution in [0.3, 0.4) is 0 Å². The van der Waals surface area contributed by atoms with Gasteiger partial charge < -0.3 is 14.6 Å². The number of carbonyl (C=O) groups is 1. The number of methoxy groups -OCH3 is 2. The minimum absolute atomic E-state index is 0. The van der Waals surface area contributed by atoms with Gasteiger partial charge in [0, 0.05) is 13.5 Å². The van der Waals surface area contributed by atoms with E-state index in [0.29, 0.717) is 0 Å². The molecule has 0 aromatic rings. The van der Waals surface area contributed by atoms with Gasteiger partial charge in [0.25, 0.3) is 0 Å². The van der Waals surface area contributed by atoms with E-state index in [2.05, 4.69) is 9.47 Å². The van der Waals surface area contributed by atoms with E-state index in [-0.39, 0.29) is 37.7 Å². The first kappa shape index (κ1) is 13.6. The van der Waals surface area contributed by atoms with Crippen molar-refractivity contribution < 1.29 is 38.2 Å². The van der Waals surface area contributed by atoms with Crippen LogP contribution < -0.4 is 24.0 Å². The van der Waals surface area contributed by atoms with Crippen LogP contribution in [0.4, 0.5) is 0 Å². The van der Waals surface area contributed by atoms with E-state index >= 15 is 0 Å². The van der Waals surface area contributed by atoms with Crippen LogP contribution in [0.15, 0.2) is 0 Å². The normalized spacial score (nSPS) is 11.5. The Morgan fingerprint density at radius 1 is 1.55 bits per heavy atom. The second kappa shape index (κ2) is 8.09. The largest absolute Gasteiger partial charge is 1.00 e. The maximum atomic E-state index is 10.5. The fourth-order valence-corrected chi connectivity index (χ4v) is 0.456. The molecule has 0 bridgehead atoms. The Labute approximate surface area is 78.0 Å². The zero-order valence-corrected chi connectivity index (χ0v) is 7.12. The maximum Gasteiger partial charge on any atom is 1.00 e. The Kier molecular flexibility index (Phi) is 9.98. The zero-order chi connectivity index (χ0) is 7.98. The topological polar surface area (TPSA) is 58.6 Å². The van der Waals surface area contributed by atoms with Crippen LogP contribution >= 0.6 is 0 Å². The molecule has 5 heteroatoms. The molecular formula is C6H11LiO4. The molecule has 0 heterocycles. The Bertz CT molecular complexity index is 107. The SMILES string of the molecule is COC(=O)CCC([O-])OC.[Li+]. The summed E-state index contributed by atoms with van der Waals surface area (Å²) in [5.74, 6) is -0.377. The fraction of sp³-hybridized carbons (Fsp3) is 0.833. The molecule has 0 radical (unpaired) electrons. The monoisotopic (exact) mass is 154 g/mol. The summed E-state index contributed by atoms with van der Waals surface area (Å²) >= 11 is 0. The minimum Gasteiger partial charge on any atom is -0.831 e. The van der Waals surface area contributed by atoms with Crippen LogP contribution in [0.2, 0.25) is 0 Å². The molecule has 0 N–H and O–H groups in total. The van der Waals surface area contributed by atoms with Gasteiger partial charge in [-0.1, -0.05) is 0 Å². The molecule has 11 heavy (non-hydrogen) atoms. The van der Waals surface area contributed by atoms with Crippen LogP contribution in [0, 0.1) is 0 Å². The molecule has 0 aromatic carbocycles. The van der Waals surface area contributed by atoms with Crippen molar-refractivity contribution in [1.29, 1.82) is 0 Å². The molecule has 0 fully saturated rings. The van der Waals surface area contributed by atoms with Crippen molar-refractivity contribution in [3.8, 4) is 0 Å². The third kappa shape index (κ3) is 7.89. The van der Waals surface area contributed by atoms with Gasteiger partial charge in [-0.05, 0) is 12.7 Å². The van der Waals surface area contributed by atoms with Crippen LogP contribution in [-0.2, 0) is 14.3 Å². The number of rotatable bonds is 4. The molecule has 0 aliphatic carbocycles. The van der Waals surface area contributed by atoms with Crippen LogP contribution in [0.1, 0.15) is 12.8 Å². The van der Waals surface area contributed by atoms with Gasteiger partial charge in [0.15, 0.2) is 0 Å². The third-order valence-corrected chi connectivity index (χ3v) is 1.07. The van der Waals surface area contributed by atoms with Crippen molar-refractivity contribution >= 4 is 5.97 Å². The molecule has 0 spiro atoms. The van der Waals surface area contributed by atoms with E-state index in [0.717, 1.165) is 0 Å². The van der Waals surface area contributed by atoms with E-state index < -0.39 is 6.29 Å². The second-order valence-corrected chi connectivity index (χ2v) is 1.78. The van der Waals surface area contributed by atoms with E-state index in [1.165, 1.54) is 14.2 Å². The summed E-state index contributed by atoms with van der Waals surface area (Å²) in [5.41, 5.74) is 0. The number of hydrogen-bond donors (Lipinski definition) is 0. The van der Waals surface area contributed by atoms with Crippen molar-refractivity contribution in [2.45, 2.75) is 19.1 Å². The first-order valence-corrected chi connectivity index (χ1v) is 2.96. The van der Waals surface area contributed by atoms with Gasteiger partial charge in [-0.15, -0.1) is 0 Å². The number of esters is 1. The first-order valence-electron chi connectivity index (χ1n) is 2.96. The molecule has 0 aromatic heterocycles. The Hall–Kier alpha value is -0.0126. The molecule has 0 amide bonds. The van der Waals surface area contributed by atoms with Crippen molar-refractivity contribution in [2.24, 2.45) is 0 Å². The van der Waals surface area contributed by atoms with Crippen molar-refractivity contribution in [2.75, 3.05) is 14.2 Å². The molecule has 1 unspecified atom stereocenters. The number of ether oxygens (including phenoxy) is 2. The Morgan fingerprint density at radius 2 is 2.09 bits per heavy atom. The molecular weight excluding hydrogens is 143 g/mol. The molecule has 0 saturated carbocycles. The van der Waals surface area contributed by atoms with Crippen LogP contribution in [-0.4, -0.2) is 26.5 Å². The maximum absolute atomic E-state index is 10.5. The van der Waals surface area contributed by atoms with Gasteiger partial charge in [0.05, 0.1) is 7.11 Å². The molecule has 4 nitrogen and oxygen atoms in total. The molecule has 0 rings (SSSR count). The first-order chi connectivity index (χ1) is 4.70. The summed E-state index contributed by atoms with van der Waals surface area (Å²) < 4.78 is 8.69. The molecule has 0 aliphatic heterocycles. The van der Waals surface area contributed by atoms with Gasteiger partial charge >= 0.3 is 24.8 Å². The van der Waals surface area contributed by atoms with E-state index in [4.69, 9.17) is 0 Å². The average molecular weight is 154 g/mol. The van der Waals surface area contributed by atoms with E-state index in [1.54, 1.807) is 0 Å².